The number of carbonyl (C=O) groups excluding carboxylic acids is 1. The van der Waals surface area contributed by atoms with Gasteiger partial charge in [0.05, 0.1) is 18.4 Å². The Labute approximate surface area is 148 Å². The summed E-state index contributed by atoms with van der Waals surface area (Å²) in [7, 11) is 0. The molecule has 1 aromatic carbocycles. The van der Waals surface area contributed by atoms with Crippen molar-refractivity contribution in [3.63, 3.8) is 0 Å². The van der Waals surface area contributed by atoms with Crippen LogP contribution in [0, 0.1) is 5.92 Å². The van der Waals surface area contributed by atoms with Crippen molar-refractivity contribution >= 4 is 5.91 Å². The summed E-state index contributed by atoms with van der Waals surface area (Å²) in [5, 5.41) is 7.04. The van der Waals surface area contributed by atoms with Crippen LogP contribution < -0.4 is 5.32 Å². The van der Waals surface area contributed by atoms with Crippen LogP contribution in [0.3, 0.4) is 0 Å². The van der Waals surface area contributed by atoms with Crippen molar-refractivity contribution in [2.45, 2.75) is 20.0 Å². The molecular formula is C18H25N5O2. The van der Waals surface area contributed by atoms with Crippen molar-refractivity contribution in [2.24, 2.45) is 5.92 Å². The lowest BCUT2D eigenvalue weighted by Gasteiger charge is -2.33. The van der Waals surface area contributed by atoms with E-state index in [1.807, 2.05) is 12.1 Å². The number of rotatable bonds is 6. The van der Waals surface area contributed by atoms with Gasteiger partial charge in [0.25, 0.3) is 5.91 Å². The first-order valence-electron chi connectivity index (χ1n) is 8.69. The van der Waals surface area contributed by atoms with Crippen LogP contribution >= 0.6 is 0 Å². The fourth-order valence-corrected chi connectivity index (χ4v) is 3.00. The van der Waals surface area contributed by atoms with Crippen molar-refractivity contribution < 1.29 is 9.53 Å². The van der Waals surface area contributed by atoms with Crippen LogP contribution in [0.25, 0.3) is 5.69 Å². The maximum absolute atomic E-state index is 12.3. The molecule has 0 aliphatic carbocycles. The Bertz CT molecular complexity index is 669. The molecule has 0 radical (unpaired) electrons. The van der Waals surface area contributed by atoms with Crippen LogP contribution in [0.15, 0.2) is 36.9 Å². The second-order valence-corrected chi connectivity index (χ2v) is 6.74. The highest BCUT2D eigenvalue weighted by molar-refractivity contribution is 5.94. The number of ether oxygens (including phenoxy) is 1. The van der Waals surface area contributed by atoms with Gasteiger partial charge in [-0.15, -0.1) is 0 Å². The topological polar surface area (TPSA) is 72.3 Å². The molecule has 2 heterocycles. The second kappa shape index (κ2) is 8.22. The summed E-state index contributed by atoms with van der Waals surface area (Å²) < 4.78 is 7.42. The summed E-state index contributed by atoms with van der Waals surface area (Å²) in [5.74, 6) is 0.548. The van der Waals surface area contributed by atoms with Crippen LogP contribution in [0.1, 0.15) is 24.2 Å². The Morgan fingerprint density at radius 2 is 2.16 bits per heavy atom. The SMILES string of the molecule is CC(C)CN1CCOC(CNC(=O)c2ccc(-n3cncn3)cc2)C1. The molecule has 1 saturated heterocycles. The van der Waals surface area contributed by atoms with Gasteiger partial charge in [0, 0.05) is 31.7 Å². The number of hydrogen-bond donors (Lipinski definition) is 1. The van der Waals surface area contributed by atoms with Crippen LogP contribution in [-0.4, -0.2) is 64.5 Å². The third-order valence-electron chi connectivity index (χ3n) is 4.15. The van der Waals surface area contributed by atoms with Crippen LogP contribution in [-0.2, 0) is 4.74 Å². The van der Waals surface area contributed by atoms with Gasteiger partial charge in [0.15, 0.2) is 0 Å². The molecule has 134 valence electrons. The molecule has 1 unspecified atom stereocenters. The van der Waals surface area contributed by atoms with Gasteiger partial charge in [-0.25, -0.2) is 9.67 Å². The van der Waals surface area contributed by atoms with Crippen molar-refractivity contribution in [1.82, 2.24) is 25.0 Å². The Balaban J connectivity index is 1.50. The lowest BCUT2D eigenvalue weighted by Crippen LogP contribution is -2.48. The molecule has 0 spiro atoms. The Kier molecular flexibility index (Phi) is 5.78. The molecule has 1 fully saturated rings. The third kappa shape index (κ3) is 4.87. The highest BCUT2D eigenvalue weighted by Crippen LogP contribution is 2.10. The highest BCUT2D eigenvalue weighted by atomic mass is 16.5. The minimum atomic E-state index is -0.0882. The van der Waals surface area contributed by atoms with Crippen molar-refractivity contribution in [3.8, 4) is 5.69 Å². The summed E-state index contributed by atoms with van der Waals surface area (Å²) in [6.07, 6.45) is 3.15. The largest absolute Gasteiger partial charge is 0.374 e. The van der Waals surface area contributed by atoms with Crippen LogP contribution in [0.4, 0.5) is 0 Å². The highest BCUT2D eigenvalue weighted by Gasteiger charge is 2.21. The first-order valence-corrected chi connectivity index (χ1v) is 8.69. The van der Waals surface area contributed by atoms with E-state index >= 15 is 0 Å². The lowest BCUT2D eigenvalue weighted by molar-refractivity contribution is -0.0295. The summed E-state index contributed by atoms with van der Waals surface area (Å²) in [4.78, 5) is 18.6. The van der Waals surface area contributed by atoms with Crippen LogP contribution in [0.5, 0.6) is 0 Å². The fraction of sp³-hybridized carbons (Fsp3) is 0.500. The van der Waals surface area contributed by atoms with E-state index in [1.165, 1.54) is 6.33 Å². The number of nitrogens with one attached hydrogen (secondary N) is 1. The Hall–Kier alpha value is -2.25. The Morgan fingerprint density at radius 1 is 1.36 bits per heavy atom. The number of carbonyl (C=O) groups is 1. The van der Waals surface area contributed by atoms with Gasteiger partial charge < -0.3 is 10.1 Å². The minimum Gasteiger partial charge on any atom is -0.374 e. The maximum atomic E-state index is 12.3. The molecule has 1 amide bonds. The quantitative estimate of drug-likeness (QED) is 0.857. The monoisotopic (exact) mass is 343 g/mol. The first kappa shape index (κ1) is 17.6. The number of morpholine rings is 1. The van der Waals surface area contributed by atoms with Gasteiger partial charge >= 0.3 is 0 Å². The third-order valence-corrected chi connectivity index (χ3v) is 4.15. The molecule has 7 nitrogen and oxygen atoms in total. The number of amides is 1. The summed E-state index contributed by atoms with van der Waals surface area (Å²) in [6.45, 7) is 8.58. The summed E-state index contributed by atoms with van der Waals surface area (Å²) in [5.41, 5.74) is 1.49. The lowest BCUT2D eigenvalue weighted by atomic mass is 10.1. The molecule has 25 heavy (non-hydrogen) atoms. The maximum Gasteiger partial charge on any atom is 0.251 e. The van der Waals surface area contributed by atoms with Gasteiger partial charge in [0.2, 0.25) is 0 Å². The van der Waals surface area contributed by atoms with E-state index in [0.29, 0.717) is 18.0 Å². The van der Waals surface area contributed by atoms with Crippen LogP contribution in [0.2, 0.25) is 0 Å². The predicted octanol–water partition coefficient (Wildman–Crippen LogP) is 1.35. The molecule has 0 bridgehead atoms. The van der Waals surface area contributed by atoms with Gasteiger partial charge in [0.1, 0.15) is 12.7 Å². The van der Waals surface area contributed by atoms with E-state index in [9.17, 15) is 4.79 Å². The average molecular weight is 343 g/mol. The zero-order chi connectivity index (χ0) is 17.6. The molecular weight excluding hydrogens is 318 g/mol. The zero-order valence-corrected chi connectivity index (χ0v) is 14.8. The molecule has 1 N–H and O–H groups in total. The molecule has 1 aliphatic heterocycles. The number of benzene rings is 1. The zero-order valence-electron chi connectivity index (χ0n) is 14.8. The molecule has 0 saturated carbocycles. The molecule has 1 atom stereocenters. The number of hydrogen-bond acceptors (Lipinski definition) is 5. The van der Waals surface area contributed by atoms with Gasteiger partial charge in [-0.1, -0.05) is 13.8 Å². The number of aromatic nitrogens is 3. The predicted molar refractivity (Wildman–Crippen MR) is 94.7 cm³/mol. The van der Waals surface area contributed by atoms with Crippen molar-refractivity contribution in [3.05, 3.63) is 42.5 Å². The van der Waals surface area contributed by atoms with E-state index in [0.717, 1.165) is 31.9 Å². The number of nitrogens with zero attached hydrogens (tertiary/aromatic N) is 4. The normalized spacial score (nSPS) is 18.4. The first-order chi connectivity index (χ1) is 12.1. The smallest absolute Gasteiger partial charge is 0.251 e. The van der Waals surface area contributed by atoms with E-state index in [1.54, 1.807) is 23.1 Å². The van der Waals surface area contributed by atoms with Crippen molar-refractivity contribution in [1.29, 1.82) is 0 Å². The van der Waals surface area contributed by atoms with E-state index < -0.39 is 0 Å². The average Bonchev–Trinajstić information content (AvgIpc) is 3.14. The van der Waals surface area contributed by atoms with Gasteiger partial charge in [-0.05, 0) is 30.2 Å². The minimum absolute atomic E-state index is 0.0471. The van der Waals surface area contributed by atoms with Crippen molar-refractivity contribution in [2.75, 3.05) is 32.8 Å². The van der Waals surface area contributed by atoms with E-state index in [4.69, 9.17) is 4.74 Å². The van der Waals surface area contributed by atoms with E-state index in [2.05, 4.69) is 34.1 Å². The molecule has 1 aliphatic rings. The molecule has 1 aromatic heterocycles. The summed E-state index contributed by atoms with van der Waals surface area (Å²) in [6, 6.07) is 7.29. The standard InChI is InChI=1S/C18H25N5O2/c1-14(2)10-22-7-8-25-17(11-22)9-20-18(24)15-3-5-16(6-4-15)23-13-19-12-21-23/h3-6,12-14,17H,7-11H2,1-2H3,(H,20,24). The second-order valence-electron chi connectivity index (χ2n) is 6.74. The van der Waals surface area contributed by atoms with E-state index in [-0.39, 0.29) is 12.0 Å². The molecule has 3 rings (SSSR count). The molecule has 2 aromatic rings. The molecule has 7 heteroatoms. The van der Waals surface area contributed by atoms with Gasteiger partial charge in [-0.2, -0.15) is 5.10 Å². The summed E-state index contributed by atoms with van der Waals surface area (Å²) >= 11 is 0. The Morgan fingerprint density at radius 3 is 2.84 bits per heavy atom. The fourth-order valence-electron chi connectivity index (χ4n) is 3.00. The van der Waals surface area contributed by atoms with Gasteiger partial charge in [-0.3, -0.25) is 9.69 Å².